The Morgan fingerprint density at radius 2 is 0.573 bits per heavy atom. The van der Waals surface area contributed by atoms with Crippen molar-refractivity contribution in [2.45, 2.75) is 437 Å². The van der Waals surface area contributed by atoms with Crippen molar-refractivity contribution in [1.82, 2.24) is 5.32 Å². The van der Waals surface area contributed by atoms with E-state index in [1.165, 1.54) is 360 Å². The molecular formula is C76H147NO5. The van der Waals surface area contributed by atoms with Gasteiger partial charge in [0.1, 0.15) is 0 Å². The lowest BCUT2D eigenvalue weighted by atomic mass is 10.0. The molecule has 0 aromatic carbocycles. The molecule has 0 saturated carbocycles. The quantitative estimate of drug-likeness (QED) is 0.0320. The highest BCUT2D eigenvalue weighted by atomic mass is 16.5. The van der Waals surface area contributed by atoms with Crippen LogP contribution in [0.1, 0.15) is 425 Å². The van der Waals surface area contributed by atoms with Crippen molar-refractivity contribution in [3.05, 3.63) is 24.3 Å². The molecule has 0 aliphatic rings. The summed E-state index contributed by atoms with van der Waals surface area (Å²) in [5.74, 6) is -0.0409. The predicted octanol–water partition coefficient (Wildman–Crippen LogP) is 24.5. The lowest BCUT2D eigenvalue weighted by Crippen LogP contribution is -2.45. The second kappa shape index (κ2) is 71.8. The molecule has 6 nitrogen and oxygen atoms in total. The molecule has 0 saturated heterocycles. The van der Waals surface area contributed by atoms with E-state index in [0.717, 1.165) is 38.5 Å². The molecule has 6 heteroatoms. The van der Waals surface area contributed by atoms with Gasteiger partial charge in [-0.3, -0.25) is 9.59 Å². The van der Waals surface area contributed by atoms with Crippen LogP contribution >= 0.6 is 0 Å². The summed E-state index contributed by atoms with van der Waals surface area (Å²) in [5, 5.41) is 23.2. The Balaban J connectivity index is 3.36. The van der Waals surface area contributed by atoms with Crippen LogP contribution in [0, 0.1) is 0 Å². The molecule has 0 aliphatic carbocycles. The van der Waals surface area contributed by atoms with Crippen molar-refractivity contribution in [2.24, 2.45) is 0 Å². The van der Waals surface area contributed by atoms with E-state index in [4.69, 9.17) is 4.74 Å². The molecule has 486 valence electrons. The zero-order chi connectivity index (χ0) is 59.2. The molecule has 82 heavy (non-hydrogen) atoms. The van der Waals surface area contributed by atoms with Crippen LogP contribution in [-0.4, -0.2) is 47.4 Å². The zero-order valence-electron chi connectivity index (χ0n) is 55.8. The number of aliphatic hydroxyl groups is 2. The first-order valence-electron chi connectivity index (χ1n) is 37.6. The van der Waals surface area contributed by atoms with Gasteiger partial charge < -0.3 is 20.3 Å². The number of hydrogen-bond acceptors (Lipinski definition) is 5. The minimum absolute atomic E-state index is 0.0221. The van der Waals surface area contributed by atoms with Crippen LogP contribution in [0.25, 0.3) is 0 Å². The number of nitrogens with one attached hydrogen (secondary N) is 1. The summed E-state index contributed by atoms with van der Waals surface area (Å²) in [6, 6.07) is -0.627. The van der Waals surface area contributed by atoms with E-state index < -0.39 is 12.1 Å². The Kier molecular flexibility index (Phi) is 70.4. The monoisotopic (exact) mass is 1150 g/mol. The van der Waals surface area contributed by atoms with Crippen LogP contribution in [0.3, 0.4) is 0 Å². The van der Waals surface area contributed by atoms with E-state index in [1.54, 1.807) is 6.08 Å². The SMILES string of the molecule is CCCCCCCCCCCCCCCCC/C=C/C(O)C(CO)NC(=O)CCCCCCCCCCCCCCCC/C=C\CCCCCCCCCCCCCCOC(=O)CCCCCCCCCCCCCCCCCCCC. The molecule has 2 atom stereocenters. The number of allylic oxidation sites excluding steroid dienone is 3. The van der Waals surface area contributed by atoms with Crippen molar-refractivity contribution >= 4 is 11.9 Å². The van der Waals surface area contributed by atoms with Gasteiger partial charge in [-0.2, -0.15) is 0 Å². The van der Waals surface area contributed by atoms with E-state index in [1.807, 2.05) is 6.08 Å². The molecule has 3 N–H and O–H groups in total. The summed E-state index contributed by atoms with van der Waals surface area (Å²) < 4.78 is 5.51. The average molecular weight is 1160 g/mol. The third-order valence-corrected chi connectivity index (χ3v) is 17.7. The Bertz CT molecular complexity index is 1280. The number of rotatable bonds is 71. The number of carbonyl (C=O) groups excluding carboxylic acids is 2. The largest absolute Gasteiger partial charge is 0.466 e. The molecule has 0 bridgehead atoms. The summed E-state index contributed by atoms with van der Waals surface area (Å²) in [6.45, 7) is 4.95. The maximum Gasteiger partial charge on any atom is 0.305 e. The van der Waals surface area contributed by atoms with Gasteiger partial charge in [-0.1, -0.05) is 378 Å². The van der Waals surface area contributed by atoms with Crippen LogP contribution in [-0.2, 0) is 14.3 Å². The molecule has 0 aromatic heterocycles. The number of carbonyl (C=O) groups is 2. The Morgan fingerprint density at radius 3 is 0.866 bits per heavy atom. The Labute approximate surface area is 513 Å². The van der Waals surface area contributed by atoms with Gasteiger partial charge in [0.25, 0.3) is 0 Å². The Morgan fingerprint density at radius 1 is 0.329 bits per heavy atom. The van der Waals surface area contributed by atoms with Crippen molar-refractivity contribution in [3.63, 3.8) is 0 Å². The number of esters is 1. The fourth-order valence-electron chi connectivity index (χ4n) is 12.0. The maximum atomic E-state index is 12.5. The smallest absolute Gasteiger partial charge is 0.305 e. The number of unbranched alkanes of at least 4 members (excludes halogenated alkanes) is 58. The van der Waals surface area contributed by atoms with Gasteiger partial charge in [-0.25, -0.2) is 0 Å². The van der Waals surface area contributed by atoms with Gasteiger partial charge in [0, 0.05) is 12.8 Å². The van der Waals surface area contributed by atoms with Crippen LogP contribution in [0.5, 0.6) is 0 Å². The maximum absolute atomic E-state index is 12.5. The summed E-state index contributed by atoms with van der Waals surface area (Å²) >= 11 is 0. The van der Waals surface area contributed by atoms with Crippen molar-refractivity contribution < 1.29 is 24.5 Å². The van der Waals surface area contributed by atoms with Crippen molar-refractivity contribution in [2.75, 3.05) is 13.2 Å². The fourth-order valence-corrected chi connectivity index (χ4v) is 12.0. The summed E-state index contributed by atoms with van der Waals surface area (Å²) in [6.07, 6.45) is 91.4. The van der Waals surface area contributed by atoms with Crippen LogP contribution in [0.2, 0.25) is 0 Å². The van der Waals surface area contributed by atoms with Gasteiger partial charge in [0.05, 0.1) is 25.4 Å². The highest BCUT2D eigenvalue weighted by Crippen LogP contribution is 2.19. The number of aliphatic hydroxyl groups excluding tert-OH is 2. The fraction of sp³-hybridized carbons (Fsp3) is 0.921. The lowest BCUT2D eigenvalue weighted by molar-refractivity contribution is -0.143. The van der Waals surface area contributed by atoms with Crippen LogP contribution in [0.15, 0.2) is 24.3 Å². The second-order valence-corrected chi connectivity index (χ2v) is 26.0. The number of hydrogen-bond donors (Lipinski definition) is 3. The van der Waals surface area contributed by atoms with Crippen molar-refractivity contribution in [3.8, 4) is 0 Å². The highest BCUT2D eigenvalue weighted by molar-refractivity contribution is 5.76. The first-order chi connectivity index (χ1) is 40.5. The van der Waals surface area contributed by atoms with E-state index in [9.17, 15) is 19.8 Å². The van der Waals surface area contributed by atoms with Crippen molar-refractivity contribution in [1.29, 1.82) is 0 Å². The molecule has 0 rings (SSSR count). The molecule has 0 spiro atoms. The number of amides is 1. The highest BCUT2D eigenvalue weighted by Gasteiger charge is 2.18. The number of ether oxygens (including phenoxy) is 1. The summed E-state index contributed by atoms with van der Waals surface area (Å²) in [7, 11) is 0. The van der Waals surface area contributed by atoms with Crippen LogP contribution < -0.4 is 5.32 Å². The zero-order valence-corrected chi connectivity index (χ0v) is 55.8. The van der Waals surface area contributed by atoms with Gasteiger partial charge >= 0.3 is 5.97 Å². The molecule has 0 radical (unpaired) electrons. The van der Waals surface area contributed by atoms with Crippen LogP contribution in [0.4, 0.5) is 0 Å². The molecule has 0 aliphatic heterocycles. The molecule has 0 fully saturated rings. The van der Waals surface area contributed by atoms with Gasteiger partial charge in [0.15, 0.2) is 0 Å². The third-order valence-electron chi connectivity index (χ3n) is 17.7. The predicted molar refractivity (Wildman–Crippen MR) is 361 cm³/mol. The van der Waals surface area contributed by atoms with E-state index in [0.29, 0.717) is 19.4 Å². The normalized spacial score (nSPS) is 12.6. The molecule has 2 unspecified atom stereocenters. The van der Waals surface area contributed by atoms with E-state index >= 15 is 0 Å². The second-order valence-electron chi connectivity index (χ2n) is 26.0. The standard InChI is InChI=1S/C76H147NO5/c1-3-5-7-9-11-13-15-17-19-21-38-42-46-50-54-58-62-66-70-76(81)82-71-67-63-59-55-51-47-43-39-35-33-31-29-27-25-23-22-24-26-28-30-32-34-37-41-45-49-53-57-61-65-69-75(80)77-73(72-78)74(79)68-64-60-56-52-48-44-40-36-20-18-16-14-12-10-8-6-4-2/h23,25,64,68,73-74,78-79H,3-22,24,26-63,65-67,69-72H2,1-2H3,(H,77,80)/b25-23-,68-64+. The topological polar surface area (TPSA) is 95.9 Å². The third kappa shape index (κ3) is 67.5. The summed E-state index contributed by atoms with van der Waals surface area (Å²) in [4.78, 5) is 24.6. The lowest BCUT2D eigenvalue weighted by Gasteiger charge is -2.20. The molecule has 0 heterocycles. The minimum Gasteiger partial charge on any atom is -0.466 e. The van der Waals surface area contributed by atoms with Gasteiger partial charge in [0.2, 0.25) is 5.91 Å². The molecule has 1 amide bonds. The minimum atomic E-state index is -0.843. The molecule has 0 aromatic rings. The first-order valence-corrected chi connectivity index (χ1v) is 37.6. The first kappa shape index (κ1) is 80.3. The van der Waals surface area contributed by atoms with E-state index in [2.05, 4.69) is 31.3 Å². The van der Waals surface area contributed by atoms with E-state index in [-0.39, 0.29) is 18.5 Å². The summed E-state index contributed by atoms with van der Waals surface area (Å²) in [5.41, 5.74) is 0. The van der Waals surface area contributed by atoms with Gasteiger partial charge in [-0.15, -0.1) is 0 Å². The van der Waals surface area contributed by atoms with Gasteiger partial charge in [-0.05, 0) is 57.8 Å². The Hall–Kier alpha value is -1.66. The molecular weight excluding hydrogens is 1010 g/mol. The average Bonchev–Trinajstić information content (AvgIpc) is 3.48.